The van der Waals surface area contributed by atoms with Gasteiger partial charge in [-0.25, -0.2) is 4.79 Å². The highest BCUT2D eigenvalue weighted by molar-refractivity contribution is 6.00. The lowest BCUT2D eigenvalue weighted by molar-refractivity contribution is 0.133. The van der Waals surface area contributed by atoms with Crippen molar-refractivity contribution in [2.45, 2.75) is 18.9 Å². The zero-order chi connectivity index (χ0) is 17.5. The Hall–Kier alpha value is -2.85. The second kappa shape index (κ2) is 8.31. The number of hydrogen-bond donors (Lipinski definition) is 2. The minimum atomic E-state index is -0.536. The van der Waals surface area contributed by atoms with E-state index in [9.17, 15) is 9.90 Å². The molecule has 4 nitrogen and oxygen atoms in total. The normalized spacial score (nSPS) is 11.9. The summed E-state index contributed by atoms with van der Waals surface area (Å²) in [7, 11) is 0. The molecule has 0 saturated carbocycles. The van der Waals surface area contributed by atoms with Gasteiger partial charge in [-0.1, -0.05) is 66.7 Å². The van der Waals surface area contributed by atoms with E-state index in [1.165, 1.54) is 0 Å². The number of anilines is 1. The van der Waals surface area contributed by atoms with Crippen molar-refractivity contribution in [2.75, 3.05) is 11.9 Å². The molecule has 3 aromatic carbocycles. The molecule has 1 amide bonds. The van der Waals surface area contributed by atoms with Crippen molar-refractivity contribution in [3.05, 3.63) is 78.4 Å². The van der Waals surface area contributed by atoms with Crippen molar-refractivity contribution in [3.8, 4) is 0 Å². The number of nitrogens with one attached hydrogen (secondary N) is 1. The van der Waals surface area contributed by atoms with E-state index in [1.807, 2.05) is 72.8 Å². The van der Waals surface area contributed by atoms with Crippen molar-refractivity contribution < 1.29 is 14.6 Å². The molecule has 128 valence electrons. The summed E-state index contributed by atoms with van der Waals surface area (Å²) in [5.74, 6) is 0. The van der Waals surface area contributed by atoms with Gasteiger partial charge in [-0.3, -0.25) is 5.32 Å². The lowest BCUT2D eigenvalue weighted by Gasteiger charge is -2.12. The number of fused-ring (bicyclic) bond motifs is 1. The molecule has 0 aliphatic carbocycles. The first kappa shape index (κ1) is 17.0. The standard InChI is InChI=1S/C21H21NO3/c23-20(17-9-2-1-3-10-17)14-7-15-25-21(24)22-19-13-6-11-16-8-4-5-12-18(16)19/h1-6,8-13,20,23H,7,14-15H2,(H,22,24). The van der Waals surface area contributed by atoms with Crippen LogP contribution >= 0.6 is 0 Å². The zero-order valence-corrected chi connectivity index (χ0v) is 13.9. The van der Waals surface area contributed by atoms with Crippen LogP contribution < -0.4 is 5.32 Å². The maximum Gasteiger partial charge on any atom is 0.411 e. The van der Waals surface area contributed by atoms with E-state index >= 15 is 0 Å². The second-order valence-corrected chi connectivity index (χ2v) is 5.86. The highest BCUT2D eigenvalue weighted by Gasteiger charge is 2.09. The van der Waals surface area contributed by atoms with Crippen LogP contribution in [0, 0.1) is 0 Å². The third-order valence-electron chi connectivity index (χ3n) is 4.07. The van der Waals surface area contributed by atoms with Crippen LogP contribution in [-0.2, 0) is 4.74 Å². The fraction of sp³-hybridized carbons (Fsp3) is 0.190. The Kier molecular flexibility index (Phi) is 5.65. The highest BCUT2D eigenvalue weighted by atomic mass is 16.5. The van der Waals surface area contributed by atoms with Crippen molar-refractivity contribution in [3.63, 3.8) is 0 Å². The summed E-state index contributed by atoms with van der Waals surface area (Å²) in [6.07, 6.45) is 0.126. The van der Waals surface area contributed by atoms with Crippen molar-refractivity contribution in [1.29, 1.82) is 0 Å². The molecule has 25 heavy (non-hydrogen) atoms. The molecule has 1 atom stereocenters. The van der Waals surface area contributed by atoms with Gasteiger partial charge in [0.05, 0.1) is 18.4 Å². The summed E-state index contributed by atoms with van der Waals surface area (Å²) in [6.45, 7) is 0.264. The topological polar surface area (TPSA) is 58.6 Å². The molecule has 3 rings (SSSR count). The number of amides is 1. The van der Waals surface area contributed by atoms with Crippen LogP contribution in [0.15, 0.2) is 72.8 Å². The molecular formula is C21H21NO3. The van der Waals surface area contributed by atoms with E-state index in [-0.39, 0.29) is 6.61 Å². The van der Waals surface area contributed by atoms with Gasteiger partial charge in [0, 0.05) is 5.39 Å². The Labute approximate surface area is 147 Å². The Morgan fingerprint density at radius 3 is 2.52 bits per heavy atom. The van der Waals surface area contributed by atoms with E-state index < -0.39 is 12.2 Å². The van der Waals surface area contributed by atoms with Gasteiger partial charge in [-0.05, 0) is 29.9 Å². The minimum absolute atomic E-state index is 0.264. The SMILES string of the molecule is O=C(Nc1cccc2ccccc12)OCCCC(O)c1ccccc1. The summed E-state index contributed by atoms with van der Waals surface area (Å²) in [5.41, 5.74) is 1.61. The summed E-state index contributed by atoms with van der Waals surface area (Å²) in [5, 5.41) is 14.9. The van der Waals surface area contributed by atoms with Crippen LogP contribution in [0.4, 0.5) is 10.5 Å². The number of rotatable bonds is 6. The van der Waals surface area contributed by atoms with E-state index in [1.54, 1.807) is 0 Å². The number of aliphatic hydroxyl groups is 1. The molecule has 0 aromatic heterocycles. The summed E-state index contributed by atoms with van der Waals surface area (Å²) >= 11 is 0. The third kappa shape index (κ3) is 4.58. The number of aliphatic hydroxyl groups excluding tert-OH is 1. The Morgan fingerprint density at radius 1 is 0.960 bits per heavy atom. The number of ether oxygens (including phenoxy) is 1. The molecule has 0 aliphatic rings. The molecule has 0 heterocycles. The first-order valence-electron chi connectivity index (χ1n) is 8.38. The number of benzene rings is 3. The van der Waals surface area contributed by atoms with Gasteiger partial charge in [0.15, 0.2) is 0 Å². The Bertz CT molecular complexity index is 827. The van der Waals surface area contributed by atoms with E-state index in [0.717, 1.165) is 22.0 Å². The molecule has 0 spiro atoms. The second-order valence-electron chi connectivity index (χ2n) is 5.86. The van der Waals surface area contributed by atoms with Gasteiger partial charge in [-0.15, -0.1) is 0 Å². The van der Waals surface area contributed by atoms with Gasteiger partial charge >= 0.3 is 6.09 Å². The molecule has 0 fully saturated rings. The smallest absolute Gasteiger partial charge is 0.411 e. The van der Waals surface area contributed by atoms with Crippen LogP contribution in [0.3, 0.4) is 0 Å². The van der Waals surface area contributed by atoms with Crippen LogP contribution in [0.25, 0.3) is 10.8 Å². The molecule has 0 aliphatic heterocycles. The predicted molar refractivity (Wildman–Crippen MR) is 99.6 cm³/mol. The fourth-order valence-electron chi connectivity index (χ4n) is 2.76. The number of carbonyl (C=O) groups is 1. The molecule has 0 radical (unpaired) electrons. The van der Waals surface area contributed by atoms with E-state index in [0.29, 0.717) is 12.8 Å². The predicted octanol–water partition coefficient (Wildman–Crippen LogP) is 4.90. The maximum absolute atomic E-state index is 12.0. The fourth-order valence-corrected chi connectivity index (χ4v) is 2.76. The molecule has 0 bridgehead atoms. The zero-order valence-electron chi connectivity index (χ0n) is 13.9. The van der Waals surface area contributed by atoms with Gasteiger partial charge in [0.25, 0.3) is 0 Å². The maximum atomic E-state index is 12.0. The van der Waals surface area contributed by atoms with Gasteiger partial charge < -0.3 is 9.84 Å². The molecule has 3 aromatic rings. The van der Waals surface area contributed by atoms with Crippen LogP contribution in [0.2, 0.25) is 0 Å². The molecular weight excluding hydrogens is 314 g/mol. The van der Waals surface area contributed by atoms with Crippen LogP contribution in [0.5, 0.6) is 0 Å². The largest absolute Gasteiger partial charge is 0.449 e. The first-order chi connectivity index (χ1) is 12.2. The molecule has 1 unspecified atom stereocenters. The van der Waals surface area contributed by atoms with Gasteiger partial charge in [0.2, 0.25) is 0 Å². The minimum Gasteiger partial charge on any atom is -0.449 e. The Balaban J connectivity index is 1.47. The average Bonchev–Trinajstić information content (AvgIpc) is 2.66. The quantitative estimate of drug-likeness (QED) is 0.630. The first-order valence-corrected chi connectivity index (χ1v) is 8.38. The van der Waals surface area contributed by atoms with E-state index in [4.69, 9.17) is 4.74 Å². The summed E-state index contributed by atoms with van der Waals surface area (Å²) in [6, 6.07) is 23.1. The summed E-state index contributed by atoms with van der Waals surface area (Å²) in [4.78, 5) is 12.0. The van der Waals surface area contributed by atoms with Gasteiger partial charge in [0.1, 0.15) is 0 Å². The van der Waals surface area contributed by atoms with Crippen LogP contribution in [-0.4, -0.2) is 17.8 Å². The molecule has 4 heteroatoms. The number of carbonyl (C=O) groups excluding carboxylic acids is 1. The number of hydrogen-bond acceptors (Lipinski definition) is 3. The highest BCUT2D eigenvalue weighted by Crippen LogP contribution is 2.23. The van der Waals surface area contributed by atoms with Crippen molar-refractivity contribution in [2.24, 2.45) is 0 Å². The van der Waals surface area contributed by atoms with E-state index in [2.05, 4.69) is 5.32 Å². The molecule has 2 N–H and O–H groups in total. The van der Waals surface area contributed by atoms with Gasteiger partial charge in [-0.2, -0.15) is 0 Å². The van der Waals surface area contributed by atoms with Crippen LogP contribution in [0.1, 0.15) is 24.5 Å². The Morgan fingerprint density at radius 2 is 1.68 bits per heavy atom. The third-order valence-corrected chi connectivity index (χ3v) is 4.07. The van der Waals surface area contributed by atoms with Crippen molar-refractivity contribution >= 4 is 22.6 Å². The van der Waals surface area contributed by atoms with Crippen molar-refractivity contribution in [1.82, 2.24) is 0 Å². The lowest BCUT2D eigenvalue weighted by Crippen LogP contribution is -2.15. The monoisotopic (exact) mass is 335 g/mol. The lowest BCUT2D eigenvalue weighted by atomic mass is 10.1. The average molecular weight is 335 g/mol. The summed E-state index contributed by atoms with van der Waals surface area (Å²) < 4.78 is 5.22. The molecule has 0 saturated heterocycles.